The highest BCUT2D eigenvalue weighted by molar-refractivity contribution is 7.13. The van der Waals surface area contributed by atoms with Crippen molar-refractivity contribution < 1.29 is 4.79 Å². The fraction of sp³-hybridized carbons (Fsp3) is 0.263. The Morgan fingerprint density at radius 1 is 1.33 bits per heavy atom. The molecule has 6 nitrogen and oxygen atoms in total. The maximum Gasteiger partial charge on any atom is 0.229 e. The molecule has 2 aromatic heterocycles. The summed E-state index contributed by atoms with van der Waals surface area (Å²) in [4.78, 5) is 27.8. The van der Waals surface area contributed by atoms with Crippen LogP contribution in [0.2, 0.25) is 5.02 Å². The molecule has 4 rings (SSSR count). The molecular formula is C19H18ClN5OS. The maximum absolute atomic E-state index is 13.0. The molecule has 0 radical (unpaired) electrons. The molecular weight excluding hydrogens is 382 g/mol. The van der Waals surface area contributed by atoms with Gasteiger partial charge in [-0.25, -0.2) is 4.98 Å². The number of carbonyl (C=O) groups is 1. The number of hydrogen-bond acceptors (Lipinski definition) is 6. The largest absolute Gasteiger partial charge is 0.333 e. The number of halogens is 1. The Morgan fingerprint density at radius 2 is 2.22 bits per heavy atom. The SMILES string of the molecule is O=C(Cc1csc(-c2cnccn2)n1)N1CCNCC1c1ccccc1Cl. The van der Waals surface area contributed by atoms with E-state index >= 15 is 0 Å². The van der Waals surface area contributed by atoms with Crippen LogP contribution < -0.4 is 5.32 Å². The lowest BCUT2D eigenvalue weighted by Gasteiger charge is -2.37. The van der Waals surface area contributed by atoms with E-state index in [2.05, 4.69) is 20.3 Å². The van der Waals surface area contributed by atoms with E-state index in [9.17, 15) is 4.79 Å². The number of nitrogens with one attached hydrogen (secondary N) is 1. The predicted molar refractivity (Wildman–Crippen MR) is 106 cm³/mol. The molecule has 27 heavy (non-hydrogen) atoms. The van der Waals surface area contributed by atoms with E-state index in [1.165, 1.54) is 11.3 Å². The van der Waals surface area contributed by atoms with Crippen molar-refractivity contribution in [3.8, 4) is 10.7 Å². The summed E-state index contributed by atoms with van der Waals surface area (Å²) in [7, 11) is 0. The summed E-state index contributed by atoms with van der Waals surface area (Å²) in [5.74, 6) is 0.0532. The molecule has 0 bridgehead atoms. The second-order valence-corrected chi connectivity index (χ2v) is 7.51. The number of thiazole rings is 1. The van der Waals surface area contributed by atoms with Gasteiger partial charge in [-0.1, -0.05) is 29.8 Å². The Morgan fingerprint density at radius 3 is 3.04 bits per heavy atom. The number of aromatic nitrogens is 3. The molecule has 138 valence electrons. The Hall–Kier alpha value is -2.35. The smallest absolute Gasteiger partial charge is 0.229 e. The molecule has 1 aliphatic heterocycles. The quantitative estimate of drug-likeness (QED) is 0.730. The number of carbonyl (C=O) groups excluding carboxylic acids is 1. The van der Waals surface area contributed by atoms with Gasteiger partial charge in [0.15, 0.2) is 0 Å². The number of hydrogen-bond donors (Lipinski definition) is 1. The van der Waals surface area contributed by atoms with Crippen molar-refractivity contribution in [1.82, 2.24) is 25.2 Å². The minimum absolute atomic E-state index is 0.0532. The van der Waals surface area contributed by atoms with Crippen molar-refractivity contribution in [2.45, 2.75) is 12.5 Å². The van der Waals surface area contributed by atoms with Gasteiger partial charge in [0, 0.05) is 42.4 Å². The highest BCUT2D eigenvalue weighted by atomic mass is 35.5. The molecule has 0 saturated carbocycles. The van der Waals surface area contributed by atoms with E-state index in [4.69, 9.17) is 11.6 Å². The van der Waals surface area contributed by atoms with E-state index in [0.29, 0.717) is 18.1 Å². The monoisotopic (exact) mass is 399 g/mol. The third-order valence-electron chi connectivity index (χ3n) is 4.49. The van der Waals surface area contributed by atoms with Gasteiger partial charge in [0.1, 0.15) is 10.7 Å². The molecule has 0 spiro atoms. The first-order valence-electron chi connectivity index (χ1n) is 8.68. The number of benzene rings is 1. The molecule has 0 aliphatic carbocycles. The third-order valence-corrected chi connectivity index (χ3v) is 5.75. The fourth-order valence-corrected chi connectivity index (χ4v) is 4.24. The average molecular weight is 400 g/mol. The zero-order chi connectivity index (χ0) is 18.6. The van der Waals surface area contributed by atoms with Crippen LogP contribution in [0.25, 0.3) is 10.7 Å². The van der Waals surface area contributed by atoms with Crippen molar-refractivity contribution in [3.63, 3.8) is 0 Å². The number of rotatable bonds is 4. The Bertz CT molecular complexity index is 933. The second kappa shape index (κ2) is 8.12. The zero-order valence-corrected chi connectivity index (χ0v) is 16.1. The summed E-state index contributed by atoms with van der Waals surface area (Å²) >= 11 is 7.84. The summed E-state index contributed by atoms with van der Waals surface area (Å²) < 4.78 is 0. The minimum Gasteiger partial charge on any atom is -0.333 e. The van der Waals surface area contributed by atoms with Gasteiger partial charge in [-0.2, -0.15) is 0 Å². The summed E-state index contributed by atoms with van der Waals surface area (Å²) in [6.45, 7) is 2.11. The lowest BCUT2D eigenvalue weighted by Crippen LogP contribution is -2.49. The van der Waals surface area contributed by atoms with E-state index in [1.807, 2.05) is 34.5 Å². The van der Waals surface area contributed by atoms with Crippen molar-refractivity contribution in [3.05, 3.63) is 64.5 Å². The van der Waals surface area contributed by atoms with Crippen LogP contribution in [0.4, 0.5) is 0 Å². The Labute approximate surface area is 166 Å². The molecule has 1 aliphatic rings. The first-order valence-corrected chi connectivity index (χ1v) is 9.93. The summed E-state index contributed by atoms with van der Waals surface area (Å²) in [6.07, 6.45) is 5.20. The molecule has 8 heteroatoms. The third kappa shape index (κ3) is 4.00. The van der Waals surface area contributed by atoms with Crippen molar-refractivity contribution in [2.24, 2.45) is 0 Å². The summed E-state index contributed by atoms with van der Waals surface area (Å²) in [5.41, 5.74) is 2.44. The van der Waals surface area contributed by atoms with E-state index < -0.39 is 0 Å². The second-order valence-electron chi connectivity index (χ2n) is 6.24. The molecule has 3 heterocycles. The van der Waals surface area contributed by atoms with E-state index in [-0.39, 0.29) is 18.4 Å². The first kappa shape index (κ1) is 18.0. The Kier molecular flexibility index (Phi) is 5.42. The van der Waals surface area contributed by atoms with Crippen LogP contribution in [0.1, 0.15) is 17.3 Å². The summed E-state index contributed by atoms with van der Waals surface area (Å²) in [6, 6.07) is 7.62. The molecule has 1 unspecified atom stereocenters. The number of nitrogens with zero attached hydrogens (tertiary/aromatic N) is 4. The van der Waals surface area contributed by atoms with Gasteiger partial charge in [0.2, 0.25) is 5.91 Å². The van der Waals surface area contributed by atoms with Crippen LogP contribution >= 0.6 is 22.9 Å². The molecule has 1 fully saturated rings. The van der Waals surface area contributed by atoms with Crippen molar-refractivity contribution in [1.29, 1.82) is 0 Å². The highest BCUT2D eigenvalue weighted by Crippen LogP contribution is 2.29. The average Bonchev–Trinajstić information content (AvgIpc) is 3.17. The normalized spacial score (nSPS) is 17.1. The molecule has 1 amide bonds. The molecule has 1 saturated heterocycles. The number of piperazine rings is 1. The molecule has 3 aromatic rings. The molecule has 1 N–H and O–H groups in total. The van der Waals surface area contributed by atoms with E-state index in [1.54, 1.807) is 18.6 Å². The predicted octanol–water partition coefficient (Wildman–Crippen LogP) is 2.97. The van der Waals surface area contributed by atoms with Gasteiger partial charge in [-0.05, 0) is 11.6 Å². The maximum atomic E-state index is 13.0. The van der Waals surface area contributed by atoms with Gasteiger partial charge >= 0.3 is 0 Å². The van der Waals surface area contributed by atoms with Crippen LogP contribution in [0, 0.1) is 0 Å². The Balaban J connectivity index is 1.51. The standard InChI is InChI=1S/C19H18ClN5OS/c20-15-4-2-1-3-14(15)17-11-22-7-8-25(17)18(26)9-13-12-27-19(24-13)16-10-21-5-6-23-16/h1-6,10,12,17,22H,7-9,11H2. The van der Waals surface area contributed by atoms with Crippen LogP contribution in [-0.4, -0.2) is 45.4 Å². The molecule has 1 aromatic carbocycles. The van der Waals surface area contributed by atoms with Gasteiger partial charge in [0.25, 0.3) is 0 Å². The zero-order valence-electron chi connectivity index (χ0n) is 14.5. The fourth-order valence-electron chi connectivity index (χ4n) is 3.20. The number of amides is 1. The lowest BCUT2D eigenvalue weighted by atomic mass is 10.0. The van der Waals surface area contributed by atoms with Gasteiger partial charge in [0.05, 0.1) is 24.4 Å². The van der Waals surface area contributed by atoms with Gasteiger partial charge < -0.3 is 10.2 Å². The minimum atomic E-state index is -0.0713. The van der Waals surface area contributed by atoms with Crippen LogP contribution in [-0.2, 0) is 11.2 Å². The first-order chi connectivity index (χ1) is 13.2. The topological polar surface area (TPSA) is 71.0 Å². The lowest BCUT2D eigenvalue weighted by molar-refractivity contribution is -0.133. The van der Waals surface area contributed by atoms with E-state index in [0.717, 1.165) is 28.5 Å². The van der Waals surface area contributed by atoms with Crippen LogP contribution in [0.5, 0.6) is 0 Å². The van der Waals surface area contributed by atoms with Crippen molar-refractivity contribution in [2.75, 3.05) is 19.6 Å². The highest BCUT2D eigenvalue weighted by Gasteiger charge is 2.29. The molecule has 1 atom stereocenters. The van der Waals surface area contributed by atoms with Crippen molar-refractivity contribution >= 4 is 28.8 Å². The van der Waals surface area contributed by atoms with Crippen LogP contribution in [0.15, 0.2) is 48.2 Å². The van der Waals surface area contributed by atoms with Crippen LogP contribution in [0.3, 0.4) is 0 Å². The van der Waals surface area contributed by atoms with Gasteiger partial charge in [-0.15, -0.1) is 11.3 Å². The van der Waals surface area contributed by atoms with Gasteiger partial charge in [-0.3, -0.25) is 14.8 Å². The summed E-state index contributed by atoms with van der Waals surface area (Å²) in [5, 5.41) is 6.72.